The van der Waals surface area contributed by atoms with Crippen molar-refractivity contribution < 1.29 is 28.5 Å². The van der Waals surface area contributed by atoms with Crippen LogP contribution in [0.1, 0.15) is 43.5 Å². The van der Waals surface area contributed by atoms with Gasteiger partial charge in [-0.1, -0.05) is 18.2 Å². The summed E-state index contributed by atoms with van der Waals surface area (Å²) in [6.07, 6.45) is 2.81. The molecule has 0 spiro atoms. The fourth-order valence-corrected chi connectivity index (χ4v) is 5.31. The molecule has 1 saturated heterocycles. The van der Waals surface area contributed by atoms with E-state index in [1.807, 2.05) is 54.0 Å². The molecule has 9 nitrogen and oxygen atoms in total. The number of carbonyl (C=O) groups is 2. The van der Waals surface area contributed by atoms with Gasteiger partial charge in [0.25, 0.3) is 11.8 Å². The van der Waals surface area contributed by atoms with Gasteiger partial charge in [-0.3, -0.25) is 9.59 Å². The maximum absolute atomic E-state index is 13.8. The largest absolute Gasteiger partial charge is 0.493 e. The van der Waals surface area contributed by atoms with Gasteiger partial charge in [0.05, 0.1) is 13.7 Å². The molecule has 0 bridgehead atoms. The van der Waals surface area contributed by atoms with Crippen molar-refractivity contribution in [2.75, 3.05) is 60.2 Å². The molecule has 1 heterocycles. The molecule has 1 aliphatic carbocycles. The van der Waals surface area contributed by atoms with Gasteiger partial charge in [-0.25, -0.2) is 0 Å². The zero-order valence-corrected chi connectivity index (χ0v) is 24.8. The van der Waals surface area contributed by atoms with Crippen molar-refractivity contribution in [3.8, 4) is 17.2 Å². The van der Waals surface area contributed by atoms with Crippen molar-refractivity contribution in [1.29, 1.82) is 0 Å². The van der Waals surface area contributed by atoms with Crippen LogP contribution in [-0.4, -0.2) is 93.9 Å². The first-order valence-electron chi connectivity index (χ1n) is 14.7. The van der Waals surface area contributed by atoms with Crippen LogP contribution in [0.2, 0.25) is 0 Å². The summed E-state index contributed by atoms with van der Waals surface area (Å²) in [4.78, 5) is 30.9. The Morgan fingerprint density at radius 1 is 0.927 bits per heavy atom. The Balaban J connectivity index is 1.40. The average Bonchev–Trinajstić information content (AvgIpc) is 3.74. The van der Waals surface area contributed by atoms with Crippen LogP contribution in [-0.2, 0) is 9.53 Å². The fraction of sp³-hybridized carbons (Fsp3) is 0.562. The molecule has 2 atom stereocenters. The molecule has 0 aromatic heterocycles. The van der Waals surface area contributed by atoms with Crippen molar-refractivity contribution in [2.24, 2.45) is 11.8 Å². The van der Waals surface area contributed by atoms with Crippen LogP contribution in [0.5, 0.6) is 17.2 Å². The lowest BCUT2D eigenvalue weighted by molar-refractivity contribution is -0.134. The minimum atomic E-state index is -0.0403. The number of para-hydroxylation sites is 1. The van der Waals surface area contributed by atoms with Gasteiger partial charge >= 0.3 is 0 Å². The molecule has 1 N–H and O–H groups in total. The summed E-state index contributed by atoms with van der Waals surface area (Å²) >= 11 is 0. The highest BCUT2D eigenvalue weighted by atomic mass is 16.5. The van der Waals surface area contributed by atoms with Crippen LogP contribution in [0.15, 0.2) is 48.5 Å². The van der Waals surface area contributed by atoms with E-state index in [1.165, 1.54) is 0 Å². The Bertz CT molecular complexity index is 1120. The Morgan fingerprint density at radius 2 is 1.66 bits per heavy atom. The number of amides is 2. The highest BCUT2D eigenvalue weighted by molar-refractivity contribution is 5.95. The van der Waals surface area contributed by atoms with Gasteiger partial charge in [-0.05, 0) is 68.9 Å². The van der Waals surface area contributed by atoms with E-state index >= 15 is 0 Å². The molecule has 2 fully saturated rings. The summed E-state index contributed by atoms with van der Waals surface area (Å²) in [5.41, 5.74) is 0.566. The summed E-state index contributed by atoms with van der Waals surface area (Å²) in [5.74, 6) is 2.31. The summed E-state index contributed by atoms with van der Waals surface area (Å²) in [6, 6.07) is 15.1. The molecule has 2 aliphatic rings. The molecule has 4 rings (SSSR count). The first-order valence-corrected chi connectivity index (χ1v) is 14.7. The van der Waals surface area contributed by atoms with Gasteiger partial charge in [0, 0.05) is 64.0 Å². The maximum Gasteiger partial charge on any atom is 0.260 e. The van der Waals surface area contributed by atoms with Gasteiger partial charge in [0.2, 0.25) is 0 Å². The van der Waals surface area contributed by atoms with E-state index in [4.69, 9.17) is 18.9 Å². The van der Waals surface area contributed by atoms with E-state index in [9.17, 15) is 9.59 Å². The van der Waals surface area contributed by atoms with E-state index in [1.54, 1.807) is 32.4 Å². The number of ether oxygens (including phenoxy) is 4. The minimum absolute atomic E-state index is 0.0114. The van der Waals surface area contributed by atoms with Crippen molar-refractivity contribution >= 4 is 11.8 Å². The Labute approximate surface area is 244 Å². The quantitative estimate of drug-likeness (QED) is 0.308. The van der Waals surface area contributed by atoms with E-state index < -0.39 is 0 Å². The maximum atomic E-state index is 13.8. The van der Waals surface area contributed by atoms with Gasteiger partial charge in [-0.15, -0.1) is 0 Å². The second-order valence-corrected chi connectivity index (χ2v) is 11.2. The summed E-state index contributed by atoms with van der Waals surface area (Å²) in [7, 11) is 3.25. The molecule has 2 amide bonds. The summed E-state index contributed by atoms with van der Waals surface area (Å²) in [5, 5.41) is 3.51. The highest BCUT2D eigenvalue weighted by Crippen LogP contribution is 2.32. The van der Waals surface area contributed by atoms with Crippen LogP contribution in [0.4, 0.5) is 0 Å². The lowest BCUT2D eigenvalue weighted by Crippen LogP contribution is -2.45. The van der Waals surface area contributed by atoms with Crippen LogP contribution < -0.4 is 19.5 Å². The number of hydrogen-bond donors (Lipinski definition) is 1. The molecule has 2 aromatic carbocycles. The van der Waals surface area contributed by atoms with Gasteiger partial charge in [0.1, 0.15) is 5.75 Å². The van der Waals surface area contributed by atoms with Gasteiger partial charge in [-0.2, -0.15) is 0 Å². The Kier molecular flexibility index (Phi) is 11.3. The fourth-order valence-electron chi connectivity index (χ4n) is 5.31. The topological polar surface area (TPSA) is 89.6 Å². The lowest BCUT2D eigenvalue weighted by atomic mass is 9.93. The Morgan fingerprint density at radius 3 is 2.32 bits per heavy atom. The van der Waals surface area contributed by atoms with Crippen LogP contribution in [0.25, 0.3) is 0 Å². The number of methoxy groups -OCH3 is 2. The van der Waals surface area contributed by atoms with Crippen molar-refractivity contribution in [3.63, 3.8) is 0 Å². The molecular weight excluding hydrogens is 522 g/mol. The third-order valence-corrected chi connectivity index (χ3v) is 7.80. The number of hydrogen-bond acceptors (Lipinski definition) is 7. The third kappa shape index (κ3) is 8.60. The standard InChI is InChI=1S/C32H45N3O6/c1-23(2)34(32(37)24-11-14-29(39-4)30(17-24)40-16-8-15-38-3)20-25-18-33-19-26(25)21-35(27-12-13-27)31(36)22-41-28-9-6-5-7-10-28/h5-7,9-11,14,17,23,25-27,33H,8,12-13,15-16,18-22H2,1-4H3/t25-,26-/m0/s1. The zero-order chi connectivity index (χ0) is 29.2. The van der Waals surface area contributed by atoms with E-state index in [0.717, 1.165) is 32.4 Å². The first kappa shape index (κ1) is 30.7. The van der Waals surface area contributed by atoms with Gasteiger partial charge < -0.3 is 34.1 Å². The molecule has 224 valence electrons. The van der Waals surface area contributed by atoms with Crippen LogP contribution in [0.3, 0.4) is 0 Å². The first-order chi connectivity index (χ1) is 19.9. The zero-order valence-electron chi connectivity index (χ0n) is 24.8. The molecular formula is C32H45N3O6. The number of nitrogens with zero attached hydrogens (tertiary/aromatic N) is 2. The minimum Gasteiger partial charge on any atom is -0.493 e. The average molecular weight is 568 g/mol. The number of nitrogens with one attached hydrogen (secondary N) is 1. The second kappa shape index (κ2) is 15.1. The molecule has 1 aliphatic heterocycles. The molecule has 0 unspecified atom stereocenters. The van der Waals surface area contributed by atoms with E-state index in [2.05, 4.69) is 5.32 Å². The Hall–Kier alpha value is -3.30. The number of rotatable bonds is 16. The van der Waals surface area contributed by atoms with Crippen molar-refractivity contribution in [1.82, 2.24) is 15.1 Å². The summed E-state index contributed by atoms with van der Waals surface area (Å²) < 4.78 is 22.3. The molecule has 2 aromatic rings. The molecule has 1 saturated carbocycles. The van der Waals surface area contributed by atoms with Crippen molar-refractivity contribution in [3.05, 3.63) is 54.1 Å². The smallest absolute Gasteiger partial charge is 0.260 e. The third-order valence-electron chi connectivity index (χ3n) is 7.80. The van der Waals surface area contributed by atoms with Crippen LogP contribution in [0, 0.1) is 11.8 Å². The predicted octanol–water partition coefficient (Wildman–Crippen LogP) is 3.87. The van der Waals surface area contributed by atoms with E-state index in [0.29, 0.717) is 49.1 Å². The summed E-state index contributed by atoms with van der Waals surface area (Å²) in [6.45, 7) is 8.10. The van der Waals surface area contributed by atoms with Gasteiger partial charge in [0.15, 0.2) is 18.1 Å². The molecule has 41 heavy (non-hydrogen) atoms. The number of carbonyl (C=O) groups excluding carboxylic acids is 2. The predicted molar refractivity (Wildman–Crippen MR) is 158 cm³/mol. The number of benzene rings is 2. The van der Waals surface area contributed by atoms with Crippen molar-refractivity contribution in [2.45, 2.75) is 45.2 Å². The second-order valence-electron chi connectivity index (χ2n) is 11.2. The highest BCUT2D eigenvalue weighted by Gasteiger charge is 2.38. The van der Waals surface area contributed by atoms with Crippen LogP contribution >= 0.6 is 0 Å². The molecule has 9 heteroatoms. The van der Waals surface area contributed by atoms with E-state index in [-0.39, 0.29) is 42.3 Å². The normalized spacial score (nSPS) is 18.3. The monoisotopic (exact) mass is 567 g/mol. The molecule has 0 radical (unpaired) electrons. The SMILES string of the molecule is COCCCOc1cc(C(=O)N(C[C@@H]2CNC[C@H]2CN(C(=O)COc2ccccc2)C2CC2)C(C)C)ccc1OC. The lowest BCUT2D eigenvalue weighted by Gasteiger charge is -2.33.